The number of rotatable bonds is 5. The number of aryl methyl sites for hydroxylation is 1. The summed E-state index contributed by atoms with van der Waals surface area (Å²) in [6.07, 6.45) is 0. The summed E-state index contributed by atoms with van der Waals surface area (Å²) in [6.45, 7) is 3.68. The molecule has 2 rings (SSSR count). The van der Waals surface area contributed by atoms with Gasteiger partial charge in [0.15, 0.2) is 0 Å². The Balaban J connectivity index is 2.12. The first-order valence-corrected chi connectivity index (χ1v) is 9.18. The van der Waals surface area contributed by atoms with Crippen LogP contribution >= 0.6 is 54.5 Å². The first-order chi connectivity index (χ1) is 9.01. The predicted molar refractivity (Wildman–Crippen MR) is 92.0 cm³/mol. The van der Waals surface area contributed by atoms with Crippen LogP contribution in [0.25, 0.3) is 0 Å². The SMILES string of the molecule is Cc1sc(C(CN)N(C)Cc2cc(Br)cs2)cc1Br. The second-order valence-electron chi connectivity index (χ2n) is 4.45. The smallest absolute Gasteiger partial charge is 0.0565 e. The van der Waals surface area contributed by atoms with Crippen LogP contribution in [0.4, 0.5) is 0 Å². The molecule has 2 heterocycles. The Labute approximate surface area is 138 Å². The third kappa shape index (κ3) is 3.89. The number of hydrogen-bond donors (Lipinski definition) is 1. The van der Waals surface area contributed by atoms with E-state index in [1.165, 1.54) is 19.1 Å². The van der Waals surface area contributed by atoms with Gasteiger partial charge in [-0.15, -0.1) is 22.7 Å². The van der Waals surface area contributed by atoms with E-state index in [0.29, 0.717) is 6.54 Å². The zero-order chi connectivity index (χ0) is 14.0. The van der Waals surface area contributed by atoms with Crippen LogP contribution < -0.4 is 5.73 Å². The number of likely N-dealkylation sites (N-methyl/N-ethyl adjacent to an activating group) is 1. The molecule has 2 nitrogen and oxygen atoms in total. The molecule has 104 valence electrons. The van der Waals surface area contributed by atoms with E-state index in [9.17, 15) is 0 Å². The monoisotopic (exact) mass is 422 g/mol. The summed E-state index contributed by atoms with van der Waals surface area (Å²) in [5, 5.41) is 2.12. The van der Waals surface area contributed by atoms with Gasteiger partial charge >= 0.3 is 0 Å². The van der Waals surface area contributed by atoms with Gasteiger partial charge in [-0.3, -0.25) is 4.90 Å². The molecule has 19 heavy (non-hydrogen) atoms. The maximum absolute atomic E-state index is 5.97. The number of nitrogens with zero attached hydrogens (tertiary/aromatic N) is 1. The van der Waals surface area contributed by atoms with E-state index in [-0.39, 0.29) is 6.04 Å². The van der Waals surface area contributed by atoms with Crippen molar-refractivity contribution in [2.24, 2.45) is 5.73 Å². The van der Waals surface area contributed by atoms with Gasteiger partial charge in [0, 0.05) is 42.0 Å². The highest BCUT2D eigenvalue weighted by Crippen LogP contribution is 2.33. The summed E-state index contributed by atoms with van der Waals surface area (Å²) < 4.78 is 2.33. The maximum Gasteiger partial charge on any atom is 0.0565 e. The first-order valence-electron chi connectivity index (χ1n) is 5.90. The highest BCUT2D eigenvalue weighted by atomic mass is 79.9. The average molecular weight is 424 g/mol. The van der Waals surface area contributed by atoms with E-state index in [1.54, 1.807) is 11.3 Å². The fraction of sp³-hybridized carbons (Fsp3) is 0.385. The Morgan fingerprint density at radius 3 is 2.58 bits per heavy atom. The van der Waals surface area contributed by atoms with Gasteiger partial charge in [0.25, 0.3) is 0 Å². The predicted octanol–water partition coefficient (Wildman–Crippen LogP) is 4.77. The number of thiophene rings is 2. The van der Waals surface area contributed by atoms with Crippen molar-refractivity contribution in [1.29, 1.82) is 0 Å². The van der Waals surface area contributed by atoms with Crippen LogP contribution in [-0.2, 0) is 6.54 Å². The van der Waals surface area contributed by atoms with Gasteiger partial charge in [-0.1, -0.05) is 0 Å². The minimum Gasteiger partial charge on any atom is -0.329 e. The van der Waals surface area contributed by atoms with E-state index in [4.69, 9.17) is 5.73 Å². The molecule has 0 aliphatic heterocycles. The van der Waals surface area contributed by atoms with Gasteiger partial charge in [0.1, 0.15) is 0 Å². The lowest BCUT2D eigenvalue weighted by atomic mass is 10.2. The van der Waals surface area contributed by atoms with E-state index in [1.807, 2.05) is 11.3 Å². The van der Waals surface area contributed by atoms with Crippen molar-refractivity contribution < 1.29 is 0 Å². The quantitative estimate of drug-likeness (QED) is 0.749. The van der Waals surface area contributed by atoms with Crippen molar-refractivity contribution in [2.45, 2.75) is 19.5 Å². The van der Waals surface area contributed by atoms with E-state index >= 15 is 0 Å². The molecule has 2 aromatic heterocycles. The van der Waals surface area contributed by atoms with Crippen LogP contribution in [-0.4, -0.2) is 18.5 Å². The van der Waals surface area contributed by atoms with Crippen molar-refractivity contribution in [1.82, 2.24) is 4.90 Å². The van der Waals surface area contributed by atoms with Crippen LogP contribution in [0.2, 0.25) is 0 Å². The van der Waals surface area contributed by atoms with Crippen molar-refractivity contribution in [3.63, 3.8) is 0 Å². The lowest BCUT2D eigenvalue weighted by Gasteiger charge is -2.25. The summed E-state index contributed by atoms with van der Waals surface area (Å²) in [4.78, 5) is 6.29. The average Bonchev–Trinajstić information content (AvgIpc) is 2.88. The van der Waals surface area contributed by atoms with Crippen molar-refractivity contribution in [3.8, 4) is 0 Å². The Morgan fingerprint density at radius 2 is 2.11 bits per heavy atom. The van der Waals surface area contributed by atoms with Gasteiger partial charge in [-0.05, 0) is 58.0 Å². The molecule has 1 unspecified atom stereocenters. The highest BCUT2D eigenvalue weighted by Gasteiger charge is 2.19. The van der Waals surface area contributed by atoms with Gasteiger partial charge < -0.3 is 5.73 Å². The Bertz CT molecular complexity index is 531. The molecule has 0 saturated carbocycles. The maximum atomic E-state index is 5.97. The van der Waals surface area contributed by atoms with Gasteiger partial charge in [0.2, 0.25) is 0 Å². The van der Waals surface area contributed by atoms with Crippen LogP contribution in [0.1, 0.15) is 20.7 Å². The normalized spacial score (nSPS) is 13.2. The second-order valence-corrected chi connectivity index (χ2v) is 8.50. The Kier molecular flexibility index (Phi) is 5.63. The first kappa shape index (κ1) is 15.7. The topological polar surface area (TPSA) is 29.3 Å². The highest BCUT2D eigenvalue weighted by molar-refractivity contribution is 9.10. The molecular formula is C13H16Br2N2S2. The molecule has 0 amide bonds. The zero-order valence-electron chi connectivity index (χ0n) is 10.8. The summed E-state index contributed by atoms with van der Waals surface area (Å²) in [6, 6.07) is 4.64. The molecule has 0 fully saturated rings. The summed E-state index contributed by atoms with van der Waals surface area (Å²) >= 11 is 10.7. The summed E-state index contributed by atoms with van der Waals surface area (Å²) in [7, 11) is 2.13. The second kappa shape index (κ2) is 6.83. The molecule has 6 heteroatoms. The van der Waals surface area contributed by atoms with E-state index in [2.05, 4.69) is 68.2 Å². The van der Waals surface area contributed by atoms with E-state index < -0.39 is 0 Å². The van der Waals surface area contributed by atoms with Crippen molar-refractivity contribution >= 4 is 54.5 Å². The third-order valence-electron chi connectivity index (χ3n) is 2.99. The molecule has 0 aliphatic rings. The van der Waals surface area contributed by atoms with E-state index in [0.717, 1.165) is 11.0 Å². The summed E-state index contributed by atoms with van der Waals surface area (Å²) in [5.41, 5.74) is 5.97. The van der Waals surface area contributed by atoms with Crippen molar-refractivity contribution in [3.05, 3.63) is 41.1 Å². The molecule has 2 aromatic rings. The fourth-order valence-corrected chi connectivity index (χ4v) is 5.21. The third-order valence-corrected chi connectivity index (χ3v) is 6.91. The lowest BCUT2D eigenvalue weighted by Crippen LogP contribution is -2.29. The Morgan fingerprint density at radius 1 is 1.37 bits per heavy atom. The number of halogens is 2. The number of nitrogens with two attached hydrogens (primary N) is 1. The molecule has 0 aliphatic carbocycles. The lowest BCUT2D eigenvalue weighted by molar-refractivity contribution is 0.247. The van der Waals surface area contributed by atoms with Crippen LogP contribution in [0.5, 0.6) is 0 Å². The molecular weight excluding hydrogens is 408 g/mol. The zero-order valence-corrected chi connectivity index (χ0v) is 15.6. The minimum atomic E-state index is 0.274. The largest absolute Gasteiger partial charge is 0.329 e. The van der Waals surface area contributed by atoms with Gasteiger partial charge in [0.05, 0.1) is 6.04 Å². The van der Waals surface area contributed by atoms with Crippen LogP contribution in [0, 0.1) is 6.92 Å². The molecule has 0 aromatic carbocycles. The molecule has 1 atom stereocenters. The van der Waals surface area contributed by atoms with Crippen LogP contribution in [0.15, 0.2) is 26.5 Å². The molecule has 0 bridgehead atoms. The standard InChI is InChI=1S/C13H16Br2N2S2/c1-8-11(15)4-13(19-8)12(5-16)17(2)6-10-3-9(14)7-18-10/h3-4,7,12H,5-6,16H2,1-2H3. The summed E-state index contributed by atoms with van der Waals surface area (Å²) in [5.74, 6) is 0. The van der Waals surface area contributed by atoms with Gasteiger partial charge in [-0.25, -0.2) is 0 Å². The van der Waals surface area contributed by atoms with Gasteiger partial charge in [-0.2, -0.15) is 0 Å². The molecule has 2 N–H and O–H groups in total. The molecule has 0 saturated heterocycles. The van der Waals surface area contributed by atoms with Crippen LogP contribution in [0.3, 0.4) is 0 Å². The molecule has 0 spiro atoms. The molecule has 0 radical (unpaired) electrons. The minimum absolute atomic E-state index is 0.274. The number of hydrogen-bond acceptors (Lipinski definition) is 4. The van der Waals surface area contributed by atoms with Crippen molar-refractivity contribution in [2.75, 3.05) is 13.6 Å². The Hall–Kier alpha value is 0.280. The fourth-order valence-electron chi connectivity index (χ4n) is 1.95.